The van der Waals surface area contributed by atoms with Crippen LogP contribution in [0.5, 0.6) is 0 Å². The molecule has 2 aliphatic rings. The predicted octanol–water partition coefficient (Wildman–Crippen LogP) is 5.31. The van der Waals surface area contributed by atoms with E-state index in [0.717, 1.165) is 72.9 Å². The van der Waals surface area contributed by atoms with Crippen molar-refractivity contribution in [2.45, 2.75) is 37.8 Å². The SMILES string of the molecule is CN1CCN([C@H]2CC[C@H](n3cc(-c4ccc(Nc5nc6ccc(F)c(F)c6[nH]5)cc4)c4c(N)ncnc43)CC2)CC1. The molecule has 0 atom stereocenters. The van der Waals surface area contributed by atoms with E-state index in [0.29, 0.717) is 29.4 Å². The monoisotopic (exact) mass is 557 g/mol. The molecule has 0 spiro atoms. The van der Waals surface area contributed by atoms with Crippen LogP contribution < -0.4 is 11.1 Å². The number of piperazine rings is 1. The van der Waals surface area contributed by atoms with Gasteiger partial charge in [0, 0.05) is 55.7 Å². The van der Waals surface area contributed by atoms with Gasteiger partial charge in [0.25, 0.3) is 0 Å². The zero-order valence-electron chi connectivity index (χ0n) is 22.9. The second-order valence-corrected chi connectivity index (χ2v) is 11.3. The minimum Gasteiger partial charge on any atom is -0.383 e. The van der Waals surface area contributed by atoms with Crippen molar-refractivity contribution in [1.29, 1.82) is 0 Å². The summed E-state index contributed by atoms with van der Waals surface area (Å²) in [5.74, 6) is -1.06. The molecule has 4 heterocycles. The smallest absolute Gasteiger partial charge is 0.205 e. The fraction of sp³-hybridized carbons (Fsp3) is 0.367. The number of fused-ring (bicyclic) bond motifs is 2. The number of aromatic nitrogens is 5. The number of nitrogen functional groups attached to an aromatic ring is 1. The molecule has 0 amide bonds. The summed E-state index contributed by atoms with van der Waals surface area (Å²) in [6, 6.07) is 11.4. The number of halogens is 2. The third kappa shape index (κ3) is 4.78. The van der Waals surface area contributed by atoms with Crippen LogP contribution in [0.25, 0.3) is 33.2 Å². The van der Waals surface area contributed by atoms with Crippen molar-refractivity contribution in [3.05, 3.63) is 60.6 Å². The Labute approximate surface area is 236 Å². The number of rotatable bonds is 5. The maximum atomic E-state index is 14.1. The Kier molecular flexibility index (Phi) is 6.55. The molecule has 3 aromatic heterocycles. The molecule has 0 radical (unpaired) electrons. The molecule has 1 aliphatic carbocycles. The van der Waals surface area contributed by atoms with Crippen molar-refractivity contribution in [3.8, 4) is 11.1 Å². The van der Waals surface area contributed by atoms with Gasteiger partial charge in [0.1, 0.15) is 23.3 Å². The number of hydrogen-bond acceptors (Lipinski definition) is 7. The molecular weight excluding hydrogens is 524 g/mol. The summed E-state index contributed by atoms with van der Waals surface area (Å²) < 4.78 is 30.0. The molecule has 2 aromatic carbocycles. The molecule has 4 N–H and O–H groups in total. The van der Waals surface area contributed by atoms with Crippen LogP contribution in [0.3, 0.4) is 0 Å². The summed E-state index contributed by atoms with van der Waals surface area (Å²) in [5, 5.41) is 4.01. The van der Waals surface area contributed by atoms with Gasteiger partial charge in [0.15, 0.2) is 11.6 Å². The number of benzene rings is 2. The first-order valence-electron chi connectivity index (χ1n) is 14.2. The lowest BCUT2D eigenvalue weighted by atomic mass is 9.89. The van der Waals surface area contributed by atoms with Crippen LogP contribution in [-0.4, -0.2) is 73.6 Å². The normalized spacial score (nSPS) is 20.7. The summed E-state index contributed by atoms with van der Waals surface area (Å²) in [7, 11) is 2.20. The number of likely N-dealkylation sites (N-methyl/N-ethyl adjacent to an activating group) is 1. The third-order valence-corrected chi connectivity index (χ3v) is 8.76. The van der Waals surface area contributed by atoms with Crippen LogP contribution in [0.4, 0.5) is 26.2 Å². The van der Waals surface area contributed by atoms with Gasteiger partial charge in [-0.1, -0.05) is 12.1 Å². The Bertz CT molecular complexity index is 1700. The molecule has 1 saturated heterocycles. The van der Waals surface area contributed by atoms with Crippen LogP contribution in [0, 0.1) is 11.6 Å². The first kappa shape index (κ1) is 25.8. The number of nitrogens with two attached hydrogens (primary N) is 1. The average Bonchev–Trinajstić information content (AvgIpc) is 3.59. The Balaban J connectivity index is 1.12. The highest BCUT2D eigenvalue weighted by Gasteiger charge is 2.30. The van der Waals surface area contributed by atoms with Crippen molar-refractivity contribution in [2.24, 2.45) is 0 Å². The van der Waals surface area contributed by atoms with Gasteiger partial charge < -0.3 is 25.5 Å². The fourth-order valence-corrected chi connectivity index (χ4v) is 6.44. The highest BCUT2D eigenvalue weighted by molar-refractivity contribution is 6.00. The van der Waals surface area contributed by atoms with E-state index in [1.165, 1.54) is 18.9 Å². The zero-order valence-corrected chi connectivity index (χ0v) is 22.9. The van der Waals surface area contributed by atoms with Crippen LogP contribution in [0.2, 0.25) is 0 Å². The van der Waals surface area contributed by atoms with Gasteiger partial charge in [-0.25, -0.2) is 23.7 Å². The van der Waals surface area contributed by atoms with Gasteiger partial charge in [-0.3, -0.25) is 4.90 Å². The van der Waals surface area contributed by atoms with E-state index in [2.05, 4.69) is 52.9 Å². The largest absolute Gasteiger partial charge is 0.383 e. The molecule has 0 unspecified atom stereocenters. The minimum atomic E-state index is -0.942. The number of anilines is 3. The first-order chi connectivity index (χ1) is 19.9. The standard InChI is InChI=1S/C30H33F2N9/c1-39-12-14-40(15-13-39)20-6-8-21(9-7-20)41-16-22(25-28(33)34-17-35-29(25)41)18-2-4-19(5-3-18)36-30-37-24-11-10-23(31)26(32)27(24)38-30/h2-5,10-11,16-17,20-21H,6-9,12-15H2,1H3,(H2,33,34,35)(H2,36,37,38)/t20-,21-. The maximum absolute atomic E-state index is 14.1. The average molecular weight is 558 g/mol. The van der Waals surface area contributed by atoms with Gasteiger partial charge in [0.05, 0.1) is 10.9 Å². The topological polar surface area (TPSA) is 104 Å². The minimum absolute atomic E-state index is 0.0324. The summed E-state index contributed by atoms with van der Waals surface area (Å²) >= 11 is 0. The molecular formula is C30H33F2N9. The number of nitrogens with one attached hydrogen (secondary N) is 2. The van der Waals surface area contributed by atoms with Crippen molar-refractivity contribution < 1.29 is 8.78 Å². The van der Waals surface area contributed by atoms with Crippen molar-refractivity contribution in [1.82, 2.24) is 34.3 Å². The molecule has 11 heteroatoms. The molecule has 5 aromatic rings. The Morgan fingerprint density at radius 3 is 2.41 bits per heavy atom. The van der Waals surface area contributed by atoms with Crippen LogP contribution in [0.15, 0.2) is 48.9 Å². The zero-order chi connectivity index (χ0) is 28.1. The van der Waals surface area contributed by atoms with Crippen molar-refractivity contribution >= 4 is 39.5 Å². The van der Waals surface area contributed by atoms with E-state index in [1.807, 2.05) is 24.3 Å². The Morgan fingerprint density at radius 2 is 1.66 bits per heavy atom. The summed E-state index contributed by atoms with van der Waals surface area (Å²) in [4.78, 5) is 21.2. The molecule has 7 rings (SSSR count). The van der Waals surface area contributed by atoms with Gasteiger partial charge in [0.2, 0.25) is 5.95 Å². The predicted molar refractivity (Wildman–Crippen MR) is 157 cm³/mol. The van der Waals surface area contributed by atoms with E-state index >= 15 is 0 Å². The maximum Gasteiger partial charge on any atom is 0.205 e. The number of H-pyrrole nitrogens is 1. The van der Waals surface area contributed by atoms with Gasteiger partial charge in [-0.2, -0.15) is 0 Å². The lowest BCUT2D eigenvalue weighted by molar-refractivity contribution is 0.0828. The van der Waals surface area contributed by atoms with E-state index < -0.39 is 11.6 Å². The highest BCUT2D eigenvalue weighted by atomic mass is 19.2. The first-order valence-corrected chi connectivity index (χ1v) is 14.2. The number of imidazole rings is 1. The highest BCUT2D eigenvalue weighted by Crippen LogP contribution is 2.39. The summed E-state index contributed by atoms with van der Waals surface area (Å²) in [6.45, 7) is 4.60. The lowest BCUT2D eigenvalue weighted by Crippen LogP contribution is -2.49. The third-order valence-electron chi connectivity index (χ3n) is 8.76. The van der Waals surface area contributed by atoms with Crippen molar-refractivity contribution in [2.75, 3.05) is 44.3 Å². The number of hydrogen-bond donors (Lipinski definition) is 3. The quantitative estimate of drug-likeness (QED) is 0.269. The van der Waals surface area contributed by atoms with Crippen molar-refractivity contribution in [3.63, 3.8) is 0 Å². The fourth-order valence-electron chi connectivity index (χ4n) is 6.44. The summed E-state index contributed by atoms with van der Waals surface area (Å²) in [5.41, 5.74) is 10.4. The van der Waals surface area contributed by atoms with E-state index in [9.17, 15) is 8.78 Å². The van der Waals surface area contributed by atoms with E-state index in [1.54, 1.807) is 6.33 Å². The Morgan fingerprint density at radius 1 is 0.927 bits per heavy atom. The molecule has 212 valence electrons. The second kappa shape index (κ2) is 10.4. The van der Waals surface area contributed by atoms with E-state index in [-0.39, 0.29) is 5.52 Å². The molecule has 41 heavy (non-hydrogen) atoms. The van der Waals surface area contributed by atoms with Gasteiger partial charge in [-0.05, 0) is 62.6 Å². The Hall–Kier alpha value is -4.09. The van der Waals surface area contributed by atoms with Gasteiger partial charge >= 0.3 is 0 Å². The van der Waals surface area contributed by atoms with Crippen LogP contribution >= 0.6 is 0 Å². The molecule has 9 nitrogen and oxygen atoms in total. The van der Waals surface area contributed by atoms with E-state index in [4.69, 9.17) is 5.73 Å². The molecule has 1 aliphatic heterocycles. The molecule has 0 bridgehead atoms. The second-order valence-electron chi connectivity index (χ2n) is 11.3. The van der Waals surface area contributed by atoms with Crippen LogP contribution in [-0.2, 0) is 0 Å². The number of nitrogens with zero attached hydrogens (tertiary/aromatic N) is 6. The summed E-state index contributed by atoms with van der Waals surface area (Å²) in [6.07, 6.45) is 8.30. The molecule has 2 fully saturated rings. The molecule has 1 saturated carbocycles. The number of aromatic amines is 1. The van der Waals surface area contributed by atoms with Crippen LogP contribution in [0.1, 0.15) is 31.7 Å². The lowest BCUT2D eigenvalue weighted by Gasteiger charge is -2.41. The van der Waals surface area contributed by atoms with Gasteiger partial charge in [-0.15, -0.1) is 0 Å².